The lowest BCUT2D eigenvalue weighted by atomic mass is 9.83. The van der Waals surface area contributed by atoms with E-state index in [1.807, 2.05) is 6.07 Å². The molecule has 1 rings (SSSR count). The lowest BCUT2D eigenvalue weighted by Crippen LogP contribution is -2.14. The van der Waals surface area contributed by atoms with Gasteiger partial charge in [-0.05, 0) is 55.7 Å². The van der Waals surface area contributed by atoms with Crippen LogP contribution >= 0.6 is 43.2 Å². The molecule has 1 atom stereocenters. The van der Waals surface area contributed by atoms with Gasteiger partial charge in [-0.1, -0.05) is 27.7 Å². The highest BCUT2D eigenvalue weighted by atomic mass is 79.9. The van der Waals surface area contributed by atoms with Gasteiger partial charge in [-0.2, -0.15) is 0 Å². The van der Waals surface area contributed by atoms with Crippen LogP contribution in [-0.4, -0.2) is 5.78 Å². The topological polar surface area (TPSA) is 17.1 Å². The third-order valence-electron chi connectivity index (χ3n) is 2.45. The minimum Gasteiger partial charge on any atom is -0.294 e. The normalized spacial score (nSPS) is 13.8. The average Bonchev–Trinajstić information content (AvgIpc) is 2.41. The van der Waals surface area contributed by atoms with Crippen LogP contribution in [0.2, 0.25) is 0 Å². The molecule has 1 aromatic heterocycles. The molecule has 17 heavy (non-hydrogen) atoms. The molecule has 4 heteroatoms. The predicted molar refractivity (Wildman–Crippen MR) is 81.9 cm³/mol. The Morgan fingerprint density at radius 2 is 2.00 bits per heavy atom. The van der Waals surface area contributed by atoms with Crippen LogP contribution in [0.15, 0.2) is 13.6 Å². The summed E-state index contributed by atoms with van der Waals surface area (Å²) in [6.07, 6.45) is 1.70. The largest absolute Gasteiger partial charge is 0.294 e. The lowest BCUT2D eigenvalue weighted by molar-refractivity contribution is 0.0954. The van der Waals surface area contributed by atoms with E-state index in [9.17, 15) is 4.79 Å². The van der Waals surface area contributed by atoms with Crippen molar-refractivity contribution in [2.24, 2.45) is 11.3 Å². The molecule has 0 saturated heterocycles. The fourth-order valence-corrected chi connectivity index (χ4v) is 4.93. The number of thiophene rings is 1. The second-order valence-electron chi connectivity index (χ2n) is 5.74. The third kappa shape index (κ3) is 5.23. The van der Waals surface area contributed by atoms with E-state index < -0.39 is 0 Å². The molecule has 0 amide bonds. The molecule has 0 aliphatic heterocycles. The van der Waals surface area contributed by atoms with Crippen LogP contribution in [0, 0.1) is 11.3 Å². The summed E-state index contributed by atoms with van der Waals surface area (Å²) in [6, 6.07) is 1.90. The van der Waals surface area contributed by atoms with E-state index in [1.165, 1.54) is 0 Å². The van der Waals surface area contributed by atoms with Crippen molar-refractivity contribution in [1.82, 2.24) is 0 Å². The van der Waals surface area contributed by atoms with Crippen molar-refractivity contribution in [2.75, 3.05) is 0 Å². The molecule has 0 fully saturated rings. The van der Waals surface area contributed by atoms with Gasteiger partial charge in [0.05, 0.1) is 7.57 Å². The Labute approximate surface area is 124 Å². The summed E-state index contributed by atoms with van der Waals surface area (Å²) in [4.78, 5) is 12.1. The van der Waals surface area contributed by atoms with Gasteiger partial charge in [-0.15, -0.1) is 11.3 Å². The summed E-state index contributed by atoms with van der Waals surface area (Å²) in [6.45, 7) is 8.79. The van der Waals surface area contributed by atoms with Crippen LogP contribution in [0.4, 0.5) is 0 Å². The van der Waals surface area contributed by atoms with Crippen LogP contribution in [0.5, 0.6) is 0 Å². The van der Waals surface area contributed by atoms with Crippen LogP contribution < -0.4 is 0 Å². The molecular weight excluding hydrogens is 364 g/mol. The molecule has 1 heterocycles. The summed E-state index contributed by atoms with van der Waals surface area (Å²) >= 11 is 8.39. The van der Waals surface area contributed by atoms with E-state index in [-0.39, 0.29) is 11.2 Å². The highest BCUT2D eigenvalue weighted by molar-refractivity contribution is 9.12. The molecule has 0 N–H and O–H groups in total. The molecule has 96 valence electrons. The minimum atomic E-state index is 0.232. The minimum absolute atomic E-state index is 0.232. The number of ketones is 1. The van der Waals surface area contributed by atoms with Crippen LogP contribution in [0.1, 0.15) is 50.9 Å². The van der Waals surface area contributed by atoms with E-state index in [0.717, 1.165) is 19.6 Å². The van der Waals surface area contributed by atoms with Crippen molar-refractivity contribution in [3.63, 3.8) is 0 Å². The maximum atomic E-state index is 12.1. The molecule has 0 aromatic carbocycles. The van der Waals surface area contributed by atoms with E-state index >= 15 is 0 Å². The molecular formula is C13H18Br2OS. The Morgan fingerprint density at radius 3 is 2.41 bits per heavy atom. The van der Waals surface area contributed by atoms with Crippen molar-refractivity contribution in [3.05, 3.63) is 19.2 Å². The monoisotopic (exact) mass is 380 g/mol. The maximum absolute atomic E-state index is 12.1. The number of halogens is 2. The van der Waals surface area contributed by atoms with Crippen LogP contribution in [0.3, 0.4) is 0 Å². The maximum Gasteiger partial charge on any atom is 0.165 e. The second kappa shape index (κ2) is 5.98. The molecule has 0 radical (unpaired) electrons. The fourth-order valence-electron chi connectivity index (χ4n) is 2.07. The van der Waals surface area contributed by atoms with Crippen molar-refractivity contribution in [1.29, 1.82) is 0 Å². The summed E-state index contributed by atoms with van der Waals surface area (Å²) in [7, 11) is 0. The molecule has 1 unspecified atom stereocenters. The van der Waals surface area contributed by atoms with Crippen molar-refractivity contribution < 1.29 is 4.79 Å². The lowest BCUT2D eigenvalue weighted by Gasteiger charge is -2.22. The fraction of sp³-hybridized carbons (Fsp3) is 0.615. The van der Waals surface area contributed by atoms with Gasteiger partial charge in [-0.3, -0.25) is 4.79 Å². The summed E-state index contributed by atoms with van der Waals surface area (Å²) < 4.78 is 1.92. The first-order chi connectivity index (χ1) is 7.69. The quantitative estimate of drug-likeness (QED) is 0.591. The zero-order valence-electron chi connectivity index (χ0n) is 10.6. The van der Waals surface area contributed by atoms with E-state index in [4.69, 9.17) is 0 Å². The Morgan fingerprint density at radius 1 is 1.41 bits per heavy atom. The predicted octanol–water partition coefficient (Wildman–Crippen LogP) is 5.92. The van der Waals surface area contributed by atoms with Gasteiger partial charge in [0.1, 0.15) is 0 Å². The number of carbonyl (C=O) groups excluding carboxylic acids is 1. The van der Waals surface area contributed by atoms with Gasteiger partial charge in [0, 0.05) is 12.0 Å². The number of rotatable bonds is 4. The van der Waals surface area contributed by atoms with Crippen LogP contribution in [-0.2, 0) is 0 Å². The highest BCUT2D eigenvalue weighted by Crippen LogP contribution is 2.34. The average molecular weight is 382 g/mol. The Bertz CT molecular complexity index is 404. The van der Waals surface area contributed by atoms with E-state index in [0.29, 0.717) is 12.3 Å². The smallest absolute Gasteiger partial charge is 0.165 e. The van der Waals surface area contributed by atoms with Crippen molar-refractivity contribution in [3.8, 4) is 0 Å². The SMILES string of the molecule is CC(CC(=O)c1cc(Br)sc1Br)CC(C)(C)C. The molecule has 1 nitrogen and oxygen atoms in total. The number of hydrogen-bond donors (Lipinski definition) is 0. The first kappa shape index (κ1) is 15.4. The van der Waals surface area contributed by atoms with E-state index in [2.05, 4.69) is 59.6 Å². The van der Waals surface area contributed by atoms with Gasteiger partial charge in [0.15, 0.2) is 5.78 Å². The number of carbonyl (C=O) groups is 1. The zero-order chi connectivity index (χ0) is 13.2. The number of hydrogen-bond acceptors (Lipinski definition) is 2. The van der Waals surface area contributed by atoms with Crippen molar-refractivity contribution >= 4 is 49.0 Å². The molecule has 0 aliphatic carbocycles. The summed E-state index contributed by atoms with van der Waals surface area (Å²) in [5, 5.41) is 0. The first-order valence-corrected chi connectivity index (χ1v) is 8.07. The van der Waals surface area contributed by atoms with Crippen LogP contribution in [0.25, 0.3) is 0 Å². The summed E-state index contributed by atoms with van der Waals surface area (Å²) in [5.74, 6) is 0.656. The third-order valence-corrected chi connectivity index (χ3v) is 4.79. The molecule has 0 aliphatic rings. The molecule has 0 bridgehead atoms. The van der Waals surface area contributed by atoms with Crippen molar-refractivity contribution in [2.45, 2.75) is 40.5 Å². The number of Topliss-reactive ketones (excluding diaryl/α,β-unsaturated/α-hetero) is 1. The Kier molecular flexibility index (Phi) is 5.41. The Balaban J connectivity index is 2.64. The highest BCUT2D eigenvalue weighted by Gasteiger charge is 2.20. The standard InChI is InChI=1S/C13H18Br2OS/c1-8(7-13(2,3)4)5-10(16)9-6-11(14)17-12(9)15/h6,8H,5,7H2,1-4H3. The van der Waals surface area contributed by atoms with Gasteiger partial charge in [0.2, 0.25) is 0 Å². The first-order valence-electron chi connectivity index (χ1n) is 5.67. The van der Waals surface area contributed by atoms with Gasteiger partial charge < -0.3 is 0 Å². The van der Waals surface area contributed by atoms with Gasteiger partial charge >= 0.3 is 0 Å². The molecule has 0 spiro atoms. The van der Waals surface area contributed by atoms with Gasteiger partial charge in [-0.25, -0.2) is 0 Å². The molecule has 0 saturated carbocycles. The zero-order valence-corrected chi connectivity index (χ0v) is 14.6. The molecule has 1 aromatic rings. The second-order valence-corrected chi connectivity index (χ2v) is 9.48. The Hall–Kier alpha value is 0.330. The van der Waals surface area contributed by atoms with E-state index in [1.54, 1.807) is 11.3 Å². The van der Waals surface area contributed by atoms with Gasteiger partial charge in [0.25, 0.3) is 0 Å². The summed E-state index contributed by atoms with van der Waals surface area (Å²) in [5.41, 5.74) is 1.09.